The van der Waals surface area contributed by atoms with Crippen LogP contribution in [-0.4, -0.2) is 0 Å². The summed E-state index contributed by atoms with van der Waals surface area (Å²) in [5, 5.41) is 0. The molecule has 8 heteroatoms. The fourth-order valence-corrected chi connectivity index (χ4v) is 8.49. The fraction of sp³-hybridized carbons (Fsp3) is 0. The van der Waals surface area contributed by atoms with Crippen molar-refractivity contribution in [3.8, 4) is 0 Å². The Morgan fingerprint density at radius 2 is 2.00 bits per heavy atom. The molecular formula is H4P2S6. The molecule has 0 aliphatic rings. The fourth-order valence-electron chi connectivity index (χ4n) is 0.0349. The van der Waals surface area contributed by atoms with Gasteiger partial charge in [-0.05, 0) is 10.4 Å². The van der Waals surface area contributed by atoms with E-state index >= 15 is 0 Å². The molecule has 0 aliphatic carbocycles. The largest absolute Gasteiger partial charge is 0.138 e. The van der Waals surface area contributed by atoms with Gasteiger partial charge in [0, 0.05) is 5.59 Å². The van der Waals surface area contributed by atoms with Crippen LogP contribution in [0.2, 0.25) is 0 Å². The molecule has 0 spiro atoms. The predicted molar refractivity (Wildman–Crippen MR) is 64.5 cm³/mol. The predicted octanol–water partition coefficient (Wildman–Crippen LogP) is 3.24. The van der Waals surface area contributed by atoms with Crippen LogP contribution in [-0.2, 0) is 23.6 Å². The molecule has 0 amide bonds. The van der Waals surface area contributed by atoms with E-state index in [1.54, 1.807) is 0 Å². The van der Waals surface area contributed by atoms with Crippen molar-refractivity contribution >= 4 is 79.9 Å². The van der Waals surface area contributed by atoms with E-state index in [9.17, 15) is 0 Å². The SMILES string of the molecule is S=[PH](S)P(=S)(S)SS. The summed E-state index contributed by atoms with van der Waals surface area (Å²) in [7, 11) is 1.28. The molecule has 0 rings (SSSR count). The summed E-state index contributed by atoms with van der Waals surface area (Å²) < 4.78 is -1.66. The van der Waals surface area contributed by atoms with Crippen LogP contribution in [0.3, 0.4) is 0 Å². The lowest BCUT2D eigenvalue weighted by Crippen LogP contribution is -1.37. The highest BCUT2D eigenvalue weighted by Gasteiger charge is 2.10. The summed E-state index contributed by atoms with van der Waals surface area (Å²) >= 11 is 22.0. The topological polar surface area (TPSA) is 0 Å². The molecule has 8 heavy (non-hydrogen) atoms. The smallest absolute Gasteiger partial charge is 0.100 e. The Bertz CT molecular complexity index is 135. The van der Waals surface area contributed by atoms with Crippen molar-refractivity contribution in [2.45, 2.75) is 0 Å². The molecule has 0 saturated carbocycles. The molecule has 2 unspecified atom stereocenters. The van der Waals surface area contributed by atoms with Crippen LogP contribution >= 0.6 is 56.3 Å². The standard InChI is InChI=1S/H4P2S6/c3-1(4)2(5,6)8-7/h1,7H,(H,3,4)(H,5,6). The lowest BCUT2D eigenvalue weighted by Gasteiger charge is -2.07. The minimum absolute atomic E-state index is 1.11. The van der Waals surface area contributed by atoms with Crippen LogP contribution in [0.25, 0.3) is 0 Å². The lowest BCUT2D eigenvalue weighted by atomic mass is 29.2. The first-order valence-electron chi connectivity index (χ1n) is 1.40. The average Bonchev–Trinajstić information content (AvgIpc) is 1.67. The molecule has 0 N–H and O–H groups in total. The molecule has 0 heterocycles. The Morgan fingerprint density at radius 3 is 2.00 bits per heavy atom. The van der Waals surface area contributed by atoms with E-state index in [0.29, 0.717) is 0 Å². The summed E-state index contributed by atoms with van der Waals surface area (Å²) in [5.74, 6) is 0. The molecule has 0 fully saturated rings. The third-order valence-electron chi connectivity index (χ3n) is 0.352. The number of thiol groups is 3. The summed E-state index contributed by atoms with van der Waals surface area (Å²) in [6.07, 6.45) is 0. The summed E-state index contributed by atoms with van der Waals surface area (Å²) in [4.78, 5) is 0. The van der Waals surface area contributed by atoms with E-state index in [4.69, 9.17) is 23.6 Å². The molecular weight excluding hydrogens is 254 g/mol. The minimum Gasteiger partial charge on any atom is -0.138 e. The van der Waals surface area contributed by atoms with Crippen molar-refractivity contribution in [2.75, 3.05) is 0 Å². The highest BCUT2D eigenvalue weighted by molar-refractivity contribution is 9.30. The molecule has 2 atom stereocenters. The monoisotopic (exact) mass is 258 g/mol. The molecule has 0 aromatic heterocycles. The van der Waals surface area contributed by atoms with Gasteiger partial charge < -0.3 is 0 Å². The van der Waals surface area contributed by atoms with Crippen molar-refractivity contribution in [1.29, 1.82) is 0 Å². The van der Waals surface area contributed by atoms with E-state index in [2.05, 4.69) is 36.2 Å². The Labute approximate surface area is 79.2 Å². The molecule has 0 aliphatic heterocycles. The van der Waals surface area contributed by atoms with Crippen LogP contribution in [0, 0.1) is 0 Å². The highest BCUT2D eigenvalue weighted by Crippen LogP contribution is 2.83. The van der Waals surface area contributed by atoms with Crippen LogP contribution in [0.5, 0.6) is 0 Å². The third kappa shape index (κ3) is 3.77. The van der Waals surface area contributed by atoms with Gasteiger partial charge in [0.25, 0.3) is 0 Å². The molecule has 0 nitrogen and oxygen atoms in total. The molecule has 0 saturated heterocycles. The van der Waals surface area contributed by atoms with Crippen LogP contribution in [0.1, 0.15) is 0 Å². The Morgan fingerprint density at radius 1 is 1.62 bits per heavy atom. The Balaban J connectivity index is 4.15. The van der Waals surface area contributed by atoms with Gasteiger partial charge in [-0.25, -0.2) is 0 Å². The summed E-state index contributed by atoms with van der Waals surface area (Å²) in [6.45, 7) is 0. The Hall–Kier alpha value is 2.70. The van der Waals surface area contributed by atoms with Gasteiger partial charge in [0.15, 0.2) is 0 Å². The van der Waals surface area contributed by atoms with E-state index in [0.717, 1.165) is 0 Å². The maximum absolute atomic E-state index is 5.00. The first kappa shape index (κ1) is 10.7. The zero-order valence-corrected chi connectivity index (χ0v) is 10.5. The van der Waals surface area contributed by atoms with Crippen LogP contribution in [0.4, 0.5) is 0 Å². The Kier molecular flexibility index (Phi) is 6.09. The number of hydrogen-bond acceptors (Lipinski definition) is 4. The molecule has 50 valence electrons. The average molecular weight is 258 g/mol. The van der Waals surface area contributed by atoms with Crippen molar-refractivity contribution in [3.05, 3.63) is 0 Å². The second-order valence-electron chi connectivity index (χ2n) is 0.885. The van der Waals surface area contributed by atoms with Gasteiger partial charge in [-0.1, -0.05) is 23.6 Å². The van der Waals surface area contributed by atoms with Crippen molar-refractivity contribution in [1.82, 2.24) is 0 Å². The van der Waals surface area contributed by atoms with Crippen LogP contribution in [0.15, 0.2) is 0 Å². The van der Waals surface area contributed by atoms with Gasteiger partial charge in [-0.15, -0.1) is 36.2 Å². The van der Waals surface area contributed by atoms with Gasteiger partial charge in [-0.2, -0.15) is 0 Å². The van der Waals surface area contributed by atoms with Gasteiger partial charge in [0.05, 0.1) is 0 Å². The number of hydrogen-bond donors (Lipinski definition) is 3. The molecule has 0 bridgehead atoms. The summed E-state index contributed by atoms with van der Waals surface area (Å²) in [6, 6.07) is 0. The maximum Gasteiger partial charge on any atom is 0.100 e. The molecule has 0 aromatic carbocycles. The van der Waals surface area contributed by atoms with E-state index < -0.39 is 9.72 Å². The molecule has 0 aromatic rings. The van der Waals surface area contributed by atoms with Crippen LogP contribution < -0.4 is 0 Å². The first-order valence-corrected chi connectivity index (χ1v) is 12.6. The zero-order chi connectivity index (χ0) is 6.78. The minimum atomic E-state index is -1.66. The first-order chi connectivity index (χ1) is 3.50. The maximum atomic E-state index is 5.00. The third-order valence-corrected chi connectivity index (χ3v) is 28.5. The van der Waals surface area contributed by atoms with E-state index in [1.165, 1.54) is 10.4 Å². The second kappa shape index (κ2) is 4.55. The van der Waals surface area contributed by atoms with Crippen molar-refractivity contribution in [2.24, 2.45) is 0 Å². The number of rotatable bonds is 2. The quantitative estimate of drug-likeness (QED) is 0.395. The van der Waals surface area contributed by atoms with Gasteiger partial charge in [-0.3, -0.25) is 0 Å². The van der Waals surface area contributed by atoms with Gasteiger partial charge in [0.1, 0.15) is 4.13 Å². The van der Waals surface area contributed by atoms with Gasteiger partial charge >= 0.3 is 0 Å². The summed E-state index contributed by atoms with van der Waals surface area (Å²) in [5.41, 5.74) is -1.11. The molecule has 0 radical (unpaired) electrons. The normalized spacial score (nSPS) is 21.9. The van der Waals surface area contributed by atoms with Crippen molar-refractivity contribution in [3.63, 3.8) is 0 Å². The zero-order valence-electron chi connectivity index (χ0n) is 3.51. The second-order valence-corrected chi connectivity index (χ2v) is 23.9. The van der Waals surface area contributed by atoms with Crippen molar-refractivity contribution < 1.29 is 0 Å². The van der Waals surface area contributed by atoms with E-state index in [1.807, 2.05) is 0 Å². The lowest BCUT2D eigenvalue weighted by molar-refractivity contribution is 5.05. The highest BCUT2D eigenvalue weighted by atomic mass is 33.6. The van der Waals surface area contributed by atoms with E-state index in [-0.39, 0.29) is 0 Å². The van der Waals surface area contributed by atoms with Gasteiger partial charge in [0.2, 0.25) is 0 Å².